The number of benzene rings is 1. The van der Waals surface area contributed by atoms with Crippen molar-refractivity contribution in [3.63, 3.8) is 0 Å². The van der Waals surface area contributed by atoms with Crippen molar-refractivity contribution >= 4 is 28.9 Å². The van der Waals surface area contributed by atoms with Crippen molar-refractivity contribution in [1.82, 2.24) is 14.8 Å². The summed E-state index contributed by atoms with van der Waals surface area (Å²) in [6, 6.07) is 10.1. The van der Waals surface area contributed by atoms with Gasteiger partial charge in [-0.15, -0.1) is 21.5 Å². The number of aryl methyl sites for hydroxylation is 2. The number of thioether (sulfide) groups is 1. The van der Waals surface area contributed by atoms with Gasteiger partial charge in [-0.3, -0.25) is 9.36 Å². The van der Waals surface area contributed by atoms with Gasteiger partial charge in [-0.25, -0.2) is 0 Å². The molecule has 0 bridgehead atoms. The highest BCUT2D eigenvalue weighted by atomic mass is 32.2. The summed E-state index contributed by atoms with van der Waals surface area (Å²) >= 11 is 3.12. The Kier molecular flexibility index (Phi) is 6.18. The van der Waals surface area contributed by atoms with Crippen LogP contribution in [0.3, 0.4) is 0 Å². The van der Waals surface area contributed by atoms with Gasteiger partial charge in [0.2, 0.25) is 0 Å². The van der Waals surface area contributed by atoms with E-state index < -0.39 is 0 Å². The first-order chi connectivity index (χ1) is 14.0. The van der Waals surface area contributed by atoms with Crippen LogP contribution in [0.4, 0.5) is 0 Å². The summed E-state index contributed by atoms with van der Waals surface area (Å²) in [5.74, 6) is 0.977. The minimum atomic E-state index is -0.251. The molecule has 3 heterocycles. The molecule has 0 spiro atoms. The van der Waals surface area contributed by atoms with E-state index in [1.165, 1.54) is 11.8 Å². The molecule has 1 aliphatic rings. The molecule has 0 aliphatic carbocycles. The summed E-state index contributed by atoms with van der Waals surface area (Å²) in [4.78, 5) is 14.2. The normalized spacial score (nSPS) is 17.6. The Morgan fingerprint density at radius 1 is 1.34 bits per heavy atom. The number of carbonyl (C=O) groups is 1. The molecule has 0 N–H and O–H groups in total. The summed E-state index contributed by atoms with van der Waals surface area (Å²) in [6.07, 6.45) is 2.31. The van der Waals surface area contributed by atoms with Gasteiger partial charge in [0.25, 0.3) is 0 Å². The second-order valence-electron chi connectivity index (χ2n) is 7.47. The zero-order valence-corrected chi connectivity index (χ0v) is 18.6. The standard InChI is InChI=1S/C22H25N3O2S2/c1-14-8-9-15(2)18(12-14)20(26)16(3)29-22-24-23-21(19-7-5-11-28-19)25(22)13-17-6-4-10-27-17/h5,7-9,11-12,16-17H,4,6,10,13H2,1-3H3/t16-,17+/m1/s1. The third-order valence-electron chi connectivity index (χ3n) is 5.18. The average Bonchev–Trinajstić information content (AvgIpc) is 3.46. The van der Waals surface area contributed by atoms with E-state index in [0.717, 1.165) is 52.0 Å². The first-order valence-corrected chi connectivity index (χ1v) is 11.7. The van der Waals surface area contributed by atoms with Crippen molar-refractivity contribution in [3.8, 4) is 10.7 Å². The van der Waals surface area contributed by atoms with Gasteiger partial charge >= 0.3 is 0 Å². The van der Waals surface area contributed by atoms with Crippen LogP contribution in [0.2, 0.25) is 0 Å². The maximum absolute atomic E-state index is 13.1. The predicted octanol–water partition coefficient (Wildman–Crippen LogP) is 5.17. The summed E-state index contributed by atoms with van der Waals surface area (Å²) in [5.41, 5.74) is 2.89. The Morgan fingerprint density at radius 3 is 2.93 bits per heavy atom. The number of thiophene rings is 1. The minimum Gasteiger partial charge on any atom is -0.376 e. The van der Waals surface area contributed by atoms with Gasteiger partial charge < -0.3 is 4.74 Å². The number of hydrogen-bond donors (Lipinski definition) is 0. The first-order valence-electron chi connectivity index (χ1n) is 9.89. The number of carbonyl (C=O) groups excluding carboxylic acids is 1. The molecule has 2 aromatic heterocycles. The minimum absolute atomic E-state index is 0.125. The maximum Gasteiger partial charge on any atom is 0.192 e. The number of aromatic nitrogens is 3. The third kappa shape index (κ3) is 4.47. The molecule has 7 heteroatoms. The quantitative estimate of drug-likeness (QED) is 0.385. The number of nitrogens with zero attached hydrogens (tertiary/aromatic N) is 3. The number of hydrogen-bond acceptors (Lipinski definition) is 6. The van der Waals surface area contributed by atoms with Crippen molar-refractivity contribution in [2.75, 3.05) is 6.61 Å². The van der Waals surface area contributed by atoms with Crippen LogP contribution in [0, 0.1) is 13.8 Å². The van der Waals surface area contributed by atoms with Crippen molar-refractivity contribution in [3.05, 3.63) is 52.4 Å². The molecule has 29 heavy (non-hydrogen) atoms. The molecule has 0 saturated carbocycles. The zero-order valence-electron chi connectivity index (χ0n) is 16.9. The smallest absolute Gasteiger partial charge is 0.192 e. The van der Waals surface area contributed by atoms with E-state index in [2.05, 4.69) is 20.8 Å². The molecular formula is C22H25N3O2S2. The largest absolute Gasteiger partial charge is 0.376 e. The van der Waals surface area contributed by atoms with E-state index >= 15 is 0 Å². The monoisotopic (exact) mass is 427 g/mol. The van der Waals surface area contributed by atoms with Gasteiger partial charge in [0.1, 0.15) is 0 Å². The fourth-order valence-corrected chi connectivity index (χ4v) is 5.20. The SMILES string of the molecule is Cc1ccc(C)c(C(=O)[C@@H](C)Sc2nnc(-c3cccs3)n2C[C@@H]2CCCO2)c1. The Morgan fingerprint density at radius 2 is 2.21 bits per heavy atom. The molecule has 2 atom stereocenters. The van der Waals surface area contributed by atoms with Crippen LogP contribution in [-0.2, 0) is 11.3 Å². The van der Waals surface area contributed by atoms with Gasteiger partial charge in [0.05, 0.1) is 22.8 Å². The molecule has 1 aliphatic heterocycles. The summed E-state index contributed by atoms with van der Waals surface area (Å²) < 4.78 is 7.98. The Hall–Kier alpha value is -1.96. The second kappa shape index (κ2) is 8.81. The molecule has 0 unspecified atom stereocenters. The van der Waals surface area contributed by atoms with E-state index in [1.54, 1.807) is 11.3 Å². The number of ketones is 1. The Balaban J connectivity index is 1.60. The lowest BCUT2D eigenvalue weighted by molar-refractivity contribution is 0.0953. The highest BCUT2D eigenvalue weighted by molar-refractivity contribution is 8.00. The van der Waals surface area contributed by atoms with Crippen LogP contribution in [-0.4, -0.2) is 38.5 Å². The van der Waals surface area contributed by atoms with Crippen molar-refractivity contribution in [1.29, 1.82) is 0 Å². The molecule has 0 radical (unpaired) electrons. The van der Waals surface area contributed by atoms with Gasteiger partial charge in [-0.1, -0.05) is 35.5 Å². The van der Waals surface area contributed by atoms with E-state index in [-0.39, 0.29) is 17.1 Å². The molecule has 5 nitrogen and oxygen atoms in total. The van der Waals surface area contributed by atoms with Gasteiger partial charge in [0, 0.05) is 12.2 Å². The third-order valence-corrected chi connectivity index (χ3v) is 7.12. The zero-order chi connectivity index (χ0) is 20.4. The van der Waals surface area contributed by atoms with Crippen LogP contribution in [0.15, 0.2) is 40.9 Å². The number of Topliss-reactive ketones (excluding diaryl/α,β-unsaturated/α-hetero) is 1. The summed E-state index contributed by atoms with van der Waals surface area (Å²) in [7, 11) is 0. The van der Waals surface area contributed by atoms with Gasteiger partial charge in [-0.05, 0) is 56.7 Å². The number of rotatable bonds is 7. The topological polar surface area (TPSA) is 57.0 Å². The Bertz CT molecular complexity index is 992. The fraction of sp³-hybridized carbons (Fsp3) is 0.409. The van der Waals surface area contributed by atoms with Crippen molar-refractivity contribution < 1.29 is 9.53 Å². The van der Waals surface area contributed by atoms with Crippen LogP contribution >= 0.6 is 23.1 Å². The van der Waals surface area contributed by atoms with E-state index in [4.69, 9.17) is 4.74 Å². The van der Waals surface area contributed by atoms with Crippen molar-refractivity contribution in [2.45, 2.75) is 56.7 Å². The summed E-state index contributed by atoms with van der Waals surface area (Å²) in [5, 5.41) is 11.5. The van der Waals surface area contributed by atoms with Gasteiger partial charge in [0.15, 0.2) is 16.8 Å². The van der Waals surface area contributed by atoms with Crippen LogP contribution < -0.4 is 0 Å². The van der Waals surface area contributed by atoms with E-state index in [1.807, 2.05) is 50.4 Å². The molecule has 152 valence electrons. The van der Waals surface area contributed by atoms with Gasteiger partial charge in [-0.2, -0.15) is 0 Å². The van der Waals surface area contributed by atoms with E-state index in [9.17, 15) is 4.79 Å². The number of ether oxygens (including phenoxy) is 1. The molecule has 1 saturated heterocycles. The highest BCUT2D eigenvalue weighted by Crippen LogP contribution is 2.32. The average molecular weight is 428 g/mol. The van der Waals surface area contributed by atoms with Crippen LogP contribution in [0.25, 0.3) is 10.7 Å². The van der Waals surface area contributed by atoms with Crippen LogP contribution in [0.1, 0.15) is 41.3 Å². The molecule has 3 aromatic rings. The molecule has 0 amide bonds. The van der Waals surface area contributed by atoms with Crippen molar-refractivity contribution in [2.24, 2.45) is 0 Å². The second-order valence-corrected chi connectivity index (χ2v) is 9.73. The molecule has 4 rings (SSSR count). The molecule has 1 aromatic carbocycles. The lowest BCUT2D eigenvalue weighted by atomic mass is 10.0. The first kappa shape index (κ1) is 20.3. The fourth-order valence-electron chi connectivity index (χ4n) is 3.55. The Labute approximate surface area is 179 Å². The van der Waals surface area contributed by atoms with Crippen LogP contribution in [0.5, 0.6) is 0 Å². The lowest BCUT2D eigenvalue weighted by Crippen LogP contribution is -2.19. The summed E-state index contributed by atoms with van der Waals surface area (Å²) in [6.45, 7) is 7.47. The predicted molar refractivity (Wildman–Crippen MR) is 118 cm³/mol. The van der Waals surface area contributed by atoms with E-state index in [0.29, 0.717) is 6.54 Å². The highest BCUT2D eigenvalue weighted by Gasteiger charge is 2.25. The molecular weight excluding hydrogens is 402 g/mol. The maximum atomic E-state index is 13.1. The lowest BCUT2D eigenvalue weighted by Gasteiger charge is -2.16. The molecule has 1 fully saturated rings.